The molecule has 0 radical (unpaired) electrons. The molecule has 0 aliphatic rings. The molecule has 1 rings (SSSR count). The Balaban J connectivity index is 2.87. The predicted molar refractivity (Wildman–Crippen MR) is 63.9 cm³/mol. The lowest BCUT2D eigenvalue weighted by Gasteiger charge is -2.18. The zero-order valence-corrected chi connectivity index (χ0v) is 10.2. The summed E-state index contributed by atoms with van der Waals surface area (Å²) in [6.45, 7) is 1.96. The van der Waals surface area contributed by atoms with Gasteiger partial charge in [0.1, 0.15) is 11.9 Å². The maximum Gasteiger partial charge on any atom is 0.137 e. The number of aliphatic hydroxyl groups excluding tert-OH is 2. The van der Waals surface area contributed by atoms with E-state index >= 15 is 0 Å². The molecule has 0 saturated heterocycles. The van der Waals surface area contributed by atoms with Gasteiger partial charge in [-0.3, -0.25) is 0 Å². The van der Waals surface area contributed by atoms with Gasteiger partial charge in [-0.25, -0.2) is 0 Å². The summed E-state index contributed by atoms with van der Waals surface area (Å²) in [6, 6.07) is 4.98. The third kappa shape index (κ3) is 3.11. The highest BCUT2D eigenvalue weighted by atomic mass is 35.5. The van der Waals surface area contributed by atoms with Gasteiger partial charge in [-0.15, -0.1) is 0 Å². The average molecular weight is 245 g/mol. The van der Waals surface area contributed by atoms with Crippen molar-refractivity contribution in [2.24, 2.45) is 0 Å². The molecule has 90 valence electrons. The van der Waals surface area contributed by atoms with E-state index in [1.165, 1.54) is 7.11 Å². The number of methoxy groups -OCH3 is 1. The van der Waals surface area contributed by atoms with Crippen LogP contribution >= 0.6 is 11.6 Å². The molecular formula is C12H17ClO3. The summed E-state index contributed by atoms with van der Waals surface area (Å²) in [5, 5.41) is 20.1. The quantitative estimate of drug-likeness (QED) is 0.837. The van der Waals surface area contributed by atoms with Crippen LogP contribution in [0.3, 0.4) is 0 Å². The van der Waals surface area contributed by atoms with Crippen LogP contribution < -0.4 is 4.74 Å². The number of benzene rings is 1. The number of aliphatic hydroxyl groups is 2. The van der Waals surface area contributed by atoms with Crippen molar-refractivity contribution in [2.75, 3.05) is 7.11 Å². The zero-order valence-electron chi connectivity index (χ0n) is 9.48. The van der Waals surface area contributed by atoms with Crippen LogP contribution in [0.4, 0.5) is 0 Å². The second-order valence-corrected chi connectivity index (χ2v) is 4.10. The van der Waals surface area contributed by atoms with Gasteiger partial charge >= 0.3 is 0 Å². The summed E-state index contributed by atoms with van der Waals surface area (Å²) >= 11 is 5.87. The molecule has 3 nitrogen and oxygen atoms in total. The molecule has 0 aliphatic carbocycles. The third-order valence-corrected chi connectivity index (χ3v) is 2.78. The number of ether oxygens (including phenoxy) is 1. The molecule has 1 aromatic carbocycles. The lowest BCUT2D eigenvalue weighted by Crippen LogP contribution is -2.17. The molecule has 2 atom stereocenters. The van der Waals surface area contributed by atoms with E-state index < -0.39 is 12.2 Å². The molecule has 1 aromatic rings. The van der Waals surface area contributed by atoms with Crippen molar-refractivity contribution in [3.05, 3.63) is 28.8 Å². The van der Waals surface area contributed by atoms with Crippen molar-refractivity contribution in [1.82, 2.24) is 0 Å². The number of hydrogen-bond donors (Lipinski definition) is 2. The Hall–Kier alpha value is -0.770. The lowest BCUT2D eigenvalue weighted by molar-refractivity contribution is 0.0130. The van der Waals surface area contributed by atoms with Crippen molar-refractivity contribution in [1.29, 1.82) is 0 Å². The Kier molecular flexibility index (Phi) is 5.06. The topological polar surface area (TPSA) is 49.7 Å². The van der Waals surface area contributed by atoms with E-state index in [0.29, 0.717) is 22.8 Å². The van der Waals surface area contributed by atoms with Crippen LogP contribution in [-0.4, -0.2) is 23.4 Å². The van der Waals surface area contributed by atoms with Gasteiger partial charge in [0.2, 0.25) is 0 Å². The minimum absolute atomic E-state index is 0.489. The van der Waals surface area contributed by atoms with Crippen LogP contribution in [0.2, 0.25) is 5.02 Å². The van der Waals surface area contributed by atoms with Gasteiger partial charge in [-0.1, -0.05) is 31.0 Å². The Bertz CT molecular complexity index is 341. The fraction of sp³-hybridized carbons (Fsp3) is 0.500. The molecule has 0 bridgehead atoms. The van der Waals surface area contributed by atoms with Crippen LogP contribution in [0, 0.1) is 0 Å². The standard InChI is InChI=1S/C12H17ClO3/c1-3-4-10(14)12(15)8-5-6-9(13)11(7-8)16-2/h5-7,10,12,14-15H,3-4H2,1-2H3. The molecule has 0 aromatic heterocycles. The molecule has 0 saturated carbocycles. The fourth-order valence-corrected chi connectivity index (χ4v) is 1.73. The SMILES string of the molecule is CCCC(O)C(O)c1ccc(Cl)c(OC)c1. The summed E-state index contributed by atoms with van der Waals surface area (Å²) in [4.78, 5) is 0. The van der Waals surface area contributed by atoms with Gasteiger partial charge < -0.3 is 14.9 Å². The maximum atomic E-state index is 9.88. The van der Waals surface area contributed by atoms with Gasteiger partial charge in [0, 0.05) is 0 Å². The highest BCUT2D eigenvalue weighted by Gasteiger charge is 2.18. The highest BCUT2D eigenvalue weighted by Crippen LogP contribution is 2.29. The van der Waals surface area contributed by atoms with Gasteiger partial charge in [-0.05, 0) is 24.1 Å². The van der Waals surface area contributed by atoms with Gasteiger partial charge in [0.25, 0.3) is 0 Å². The lowest BCUT2D eigenvalue weighted by atomic mass is 10.0. The first kappa shape index (κ1) is 13.3. The summed E-state index contributed by atoms with van der Waals surface area (Å²) in [5.41, 5.74) is 0.613. The van der Waals surface area contributed by atoms with Crippen molar-refractivity contribution < 1.29 is 14.9 Å². The third-order valence-electron chi connectivity index (χ3n) is 2.47. The first-order chi connectivity index (χ1) is 7.60. The first-order valence-corrected chi connectivity index (χ1v) is 5.67. The van der Waals surface area contributed by atoms with E-state index in [2.05, 4.69) is 0 Å². The van der Waals surface area contributed by atoms with Crippen molar-refractivity contribution in [3.63, 3.8) is 0 Å². The van der Waals surface area contributed by atoms with E-state index in [-0.39, 0.29) is 0 Å². The summed E-state index contributed by atoms with van der Waals surface area (Å²) in [7, 11) is 1.51. The molecule has 0 fully saturated rings. The van der Waals surface area contributed by atoms with Crippen molar-refractivity contribution >= 4 is 11.6 Å². The van der Waals surface area contributed by atoms with Gasteiger partial charge in [0.05, 0.1) is 18.2 Å². The molecule has 2 unspecified atom stereocenters. The maximum absolute atomic E-state index is 9.88. The summed E-state index contributed by atoms with van der Waals surface area (Å²) in [6.07, 6.45) is -0.267. The summed E-state index contributed by atoms with van der Waals surface area (Å²) in [5.74, 6) is 0.502. The minimum Gasteiger partial charge on any atom is -0.495 e. The van der Waals surface area contributed by atoms with E-state index in [4.69, 9.17) is 16.3 Å². The van der Waals surface area contributed by atoms with Crippen LogP contribution in [0.15, 0.2) is 18.2 Å². The van der Waals surface area contributed by atoms with Gasteiger partial charge in [-0.2, -0.15) is 0 Å². The Labute approximate surface area is 101 Å². The fourth-order valence-electron chi connectivity index (χ4n) is 1.54. The zero-order chi connectivity index (χ0) is 12.1. The Morgan fingerprint density at radius 3 is 2.62 bits per heavy atom. The molecule has 16 heavy (non-hydrogen) atoms. The van der Waals surface area contributed by atoms with Crippen LogP contribution in [0.25, 0.3) is 0 Å². The average Bonchev–Trinajstić information content (AvgIpc) is 2.29. The van der Waals surface area contributed by atoms with Crippen LogP contribution in [0.5, 0.6) is 5.75 Å². The van der Waals surface area contributed by atoms with E-state index in [1.807, 2.05) is 6.92 Å². The minimum atomic E-state index is -0.897. The number of halogens is 1. The van der Waals surface area contributed by atoms with Gasteiger partial charge in [0.15, 0.2) is 0 Å². The molecular weight excluding hydrogens is 228 g/mol. The number of hydrogen-bond acceptors (Lipinski definition) is 3. The summed E-state index contributed by atoms with van der Waals surface area (Å²) < 4.78 is 5.05. The predicted octanol–water partition coefficient (Wildman–Crippen LogP) is 2.54. The Morgan fingerprint density at radius 1 is 1.38 bits per heavy atom. The Morgan fingerprint density at radius 2 is 2.06 bits per heavy atom. The second kappa shape index (κ2) is 6.09. The van der Waals surface area contributed by atoms with E-state index in [9.17, 15) is 10.2 Å². The molecule has 0 heterocycles. The van der Waals surface area contributed by atoms with Crippen LogP contribution in [0.1, 0.15) is 31.4 Å². The highest BCUT2D eigenvalue weighted by molar-refractivity contribution is 6.32. The van der Waals surface area contributed by atoms with Crippen molar-refractivity contribution in [3.8, 4) is 5.75 Å². The molecule has 0 aliphatic heterocycles. The monoisotopic (exact) mass is 244 g/mol. The number of rotatable bonds is 5. The van der Waals surface area contributed by atoms with Crippen molar-refractivity contribution in [2.45, 2.75) is 32.0 Å². The smallest absolute Gasteiger partial charge is 0.137 e. The molecule has 4 heteroatoms. The van der Waals surface area contributed by atoms with E-state index in [0.717, 1.165) is 6.42 Å². The largest absolute Gasteiger partial charge is 0.495 e. The van der Waals surface area contributed by atoms with E-state index in [1.54, 1.807) is 18.2 Å². The normalized spacial score (nSPS) is 14.6. The molecule has 0 spiro atoms. The molecule has 2 N–H and O–H groups in total. The second-order valence-electron chi connectivity index (χ2n) is 3.69. The molecule has 0 amide bonds. The van der Waals surface area contributed by atoms with Crippen LogP contribution in [-0.2, 0) is 0 Å². The first-order valence-electron chi connectivity index (χ1n) is 5.29.